The molecular formula is C14H17BrN4O2. The van der Waals surface area contributed by atoms with Gasteiger partial charge in [-0.15, -0.1) is 10.2 Å². The first-order valence-corrected chi connectivity index (χ1v) is 7.69. The van der Waals surface area contributed by atoms with Gasteiger partial charge in [0.25, 0.3) is 5.89 Å². The largest absolute Gasteiger partial charge is 0.420 e. The Hall–Kier alpha value is -1.47. The second-order valence-electron chi connectivity index (χ2n) is 5.28. The van der Waals surface area contributed by atoms with E-state index in [0.29, 0.717) is 18.4 Å². The lowest BCUT2D eigenvalue weighted by atomic mass is 10.0. The molecule has 1 atom stereocenters. The van der Waals surface area contributed by atoms with Crippen LogP contribution in [-0.2, 0) is 4.74 Å². The van der Waals surface area contributed by atoms with Crippen LogP contribution in [0, 0.1) is 0 Å². The van der Waals surface area contributed by atoms with Crippen LogP contribution < -0.4 is 4.90 Å². The standard InChI is InChI=1S/C14H17BrN4O2/c1-19(2)12-11(6-10(15)7-16-12)14-18-17-13(21-14)9-4-3-5-20-8-9/h6-7,9H,3-5,8H2,1-2H3. The summed E-state index contributed by atoms with van der Waals surface area (Å²) >= 11 is 3.44. The van der Waals surface area contributed by atoms with Gasteiger partial charge in [-0.3, -0.25) is 0 Å². The van der Waals surface area contributed by atoms with Crippen LogP contribution in [0.25, 0.3) is 11.5 Å². The van der Waals surface area contributed by atoms with E-state index in [2.05, 4.69) is 31.1 Å². The first-order valence-electron chi connectivity index (χ1n) is 6.89. The van der Waals surface area contributed by atoms with Gasteiger partial charge in [0, 0.05) is 31.4 Å². The Morgan fingerprint density at radius 1 is 1.33 bits per heavy atom. The molecule has 6 nitrogen and oxygen atoms in total. The number of aromatic nitrogens is 3. The van der Waals surface area contributed by atoms with Crippen LogP contribution in [0.15, 0.2) is 21.2 Å². The fourth-order valence-electron chi connectivity index (χ4n) is 2.39. The molecule has 112 valence electrons. The van der Waals surface area contributed by atoms with Gasteiger partial charge in [-0.2, -0.15) is 0 Å². The second-order valence-corrected chi connectivity index (χ2v) is 6.19. The van der Waals surface area contributed by atoms with Crippen molar-refractivity contribution in [1.29, 1.82) is 0 Å². The molecule has 0 radical (unpaired) electrons. The monoisotopic (exact) mass is 352 g/mol. The molecule has 1 unspecified atom stereocenters. The predicted molar refractivity (Wildman–Crippen MR) is 82.4 cm³/mol. The van der Waals surface area contributed by atoms with Crippen molar-refractivity contribution in [3.05, 3.63) is 22.6 Å². The zero-order valence-electron chi connectivity index (χ0n) is 12.0. The first-order chi connectivity index (χ1) is 10.1. The van der Waals surface area contributed by atoms with Gasteiger partial charge >= 0.3 is 0 Å². The minimum absolute atomic E-state index is 0.197. The molecule has 1 aliphatic rings. The number of rotatable bonds is 3. The van der Waals surface area contributed by atoms with E-state index in [-0.39, 0.29) is 5.92 Å². The van der Waals surface area contributed by atoms with Gasteiger partial charge < -0.3 is 14.1 Å². The molecule has 0 N–H and O–H groups in total. The van der Waals surface area contributed by atoms with Gasteiger partial charge in [0.2, 0.25) is 5.89 Å². The quantitative estimate of drug-likeness (QED) is 0.846. The molecule has 2 aromatic rings. The number of pyridine rings is 1. The van der Waals surface area contributed by atoms with Crippen molar-refractivity contribution in [1.82, 2.24) is 15.2 Å². The van der Waals surface area contributed by atoms with E-state index in [9.17, 15) is 0 Å². The van der Waals surface area contributed by atoms with Crippen LogP contribution in [0.2, 0.25) is 0 Å². The summed E-state index contributed by atoms with van der Waals surface area (Å²) in [5.41, 5.74) is 0.824. The van der Waals surface area contributed by atoms with E-state index < -0.39 is 0 Å². The lowest BCUT2D eigenvalue weighted by Crippen LogP contribution is -2.15. The summed E-state index contributed by atoms with van der Waals surface area (Å²) in [6.07, 6.45) is 3.81. The number of hydrogen-bond donors (Lipinski definition) is 0. The fourth-order valence-corrected chi connectivity index (χ4v) is 2.72. The third kappa shape index (κ3) is 3.08. The van der Waals surface area contributed by atoms with E-state index in [0.717, 1.165) is 35.3 Å². The molecule has 1 aliphatic heterocycles. The van der Waals surface area contributed by atoms with Crippen LogP contribution in [0.5, 0.6) is 0 Å². The fraction of sp³-hybridized carbons (Fsp3) is 0.500. The third-order valence-corrected chi connectivity index (χ3v) is 3.87. The average Bonchev–Trinajstić information content (AvgIpc) is 2.97. The molecule has 1 fully saturated rings. The number of nitrogens with zero attached hydrogens (tertiary/aromatic N) is 4. The highest BCUT2D eigenvalue weighted by Gasteiger charge is 2.23. The zero-order chi connectivity index (χ0) is 14.8. The summed E-state index contributed by atoms with van der Waals surface area (Å²) in [6.45, 7) is 1.47. The maximum absolute atomic E-state index is 5.87. The Kier molecular flexibility index (Phi) is 4.21. The number of halogens is 1. The van der Waals surface area contributed by atoms with E-state index in [1.807, 2.05) is 25.1 Å². The lowest BCUT2D eigenvalue weighted by molar-refractivity contribution is 0.0727. The molecule has 0 bridgehead atoms. The highest BCUT2D eigenvalue weighted by atomic mass is 79.9. The van der Waals surface area contributed by atoms with Crippen molar-refractivity contribution in [2.45, 2.75) is 18.8 Å². The van der Waals surface area contributed by atoms with Crippen LogP contribution >= 0.6 is 15.9 Å². The Labute approximate surface area is 131 Å². The van der Waals surface area contributed by atoms with Gasteiger partial charge in [-0.05, 0) is 34.8 Å². The first kappa shape index (κ1) is 14.5. The lowest BCUT2D eigenvalue weighted by Gasteiger charge is -2.18. The molecule has 0 aromatic carbocycles. The Balaban J connectivity index is 1.94. The van der Waals surface area contributed by atoms with Crippen LogP contribution in [0.1, 0.15) is 24.7 Å². The molecule has 0 amide bonds. The summed E-state index contributed by atoms with van der Waals surface area (Å²) < 4.78 is 12.2. The van der Waals surface area contributed by atoms with Gasteiger partial charge in [-0.25, -0.2) is 4.98 Å². The molecule has 21 heavy (non-hydrogen) atoms. The summed E-state index contributed by atoms with van der Waals surface area (Å²) in [5.74, 6) is 2.14. The summed E-state index contributed by atoms with van der Waals surface area (Å²) in [4.78, 5) is 6.33. The molecule has 3 rings (SSSR count). The van der Waals surface area contributed by atoms with Crippen molar-refractivity contribution in [3.8, 4) is 11.5 Å². The van der Waals surface area contributed by atoms with E-state index >= 15 is 0 Å². The van der Waals surface area contributed by atoms with Crippen molar-refractivity contribution in [2.75, 3.05) is 32.2 Å². The van der Waals surface area contributed by atoms with Crippen LogP contribution in [0.3, 0.4) is 0 Å². The van der Waals surface area contributed by atoms with E-state index in [1.165, 1.54) is 0 Å². The molecule has 7 heteroatoms. The number of ether oxygens (including phenoxy) is 1. The van der Waals surface area contributed by atoms with Crippen molar-refractivity contribution in [3.63, 3.8) is 0 Å². The average molecular weight is 353 g/mol. The van der Waals surface area contributed by atoms with E-state index in [1.54, 1.807) is 6.20 Å². The highest BCUT2D eigenvalue weighted by Crippen LogP contribution is 2.32. The third-order valence-electron chi connectivity index (χ3n) is 3.44. The van der Waals surface area contributed by atoms with E-state index in [4.69, 9.17) is 9.15 Å². The van der Waals surface area contributed by atoms with Crippen molar-refractivity contribution < 1.29 is 9.15 Å². The number of anilines is 1. The normalized spacial score (nSPS) is 18.7. The molecule has 0 aliphatic carbocycles. The Morgan fingerprint density at radius 3 is 2.90 bits per heavy atom. The highest BCUT2D eigenvalue weighted by molar-refractivity contribution is 9.10. The molecule has 3 heterocycles. The molecular weight excluding hydrogens is 336 g/mol. The van der Waals surface area contributed by atoms with Crippen LogP contribution in [-0.4, -0.2) is 42.5 Å². The maximum atomic E-state index is 5.87. The molecule has 0 saturated carbocycles. The predicted octanol–water partition coefficient (Wildman–Crippen LogP) is 2.85. The maximum Gasteiger partial charge on any atom is 0.251 e. The smallest absolute Gasteiger partial charge is 0.251 e. The topological polar surface area (TPSA) is 64.3 Å². The summed E-state index contributed by atoms with van der Waals surface area (Å²) in [7, 11) is 3.87. The molecule has 2 aromatic heterocycles. The van der Waals surface area contributed by atoms with Gasteiger partial charge in [0.15, 0.2) is 0 Å². The van der Waals surface area contributed by atoms with Crippen molar-refractivity contribution in [2.24, 2.45) is 0 Å². The second kappa shape index (κ2) is 6.11. The van der Waals surface area contributed by atoms with Gasteiger partial charge in [0.1, 0.15) is 5.82 Å². The summed E-state index contributed by atoms with van der Waals surface area (Å²) in [5, 5.41) is 8.37. The Bertz CT molecular complexity index is 623. The minimum Gasteiger partial charge on any atom is -0.420 e. The SMILES string of the molecule is CN(C)c1ncc(Br)cc1-c1nnc(C2CCCOC2)o1. The van der Waals surface area contributed by atoms with Gasteiger partial charge in [0.05, 0.1) is 18.1 Å². The Morgan fingerprint density at radius 2 is 2.19 bits per heavy atom. The zero-order valence-corrected chi connectivity index (χ0v) is 13.6. The minimum atomic E-state index is 0.197. The molecule has 0 spiro atoms. The molecule has 1 saturated heterocycles. The number of hydrogen-bond acceptors (Lipinski definition) is 6. The van der Waals surface area contributed by atoms with Gasteiger partial charge in [-0.1, -0.05) is 0 Å². The summed E-state index contributed by atoms with van der Waals surface area (Å²) in [6, 6.07) is 1.94. The van der Waals surface area contributed by atoms with Crippen LogP contribution in [0.4, 0.5) is 5.82 Å². The van der Waals surface area contributed by atoms with Crippen molar-refractivity contribution >= 4 is 21.7 Å².